The van der Waals surface area contributed by atoms with Crippen molar-refractivity contribution in [3.8, 4) is 11.1 Å². The topological polar surface area (TPSA) is 60.3 Å². The van der Waals surface area contributed by atoms with Crippen LogP contribution in [0, 0.1) is 5.82 Å². The van der Waals surface area contributed by atoms with E-state index in [1.807, 2.05) is 42.1 Å². The molecule has 2 aromatic carbocycles. The minimum absolute atomic E-state index is 0.174. The number of carbonyl (C=O) groups excluding carboxylic acids is 2. The molecule has 0 aliphatic rings. The van der Waals surface area contributed by atoms with Crippen molar-refractivity contribution in [1.29, 1.82) is 0 Å². The van der Waals surface area contributed by atoms with Crippen molar-refractivity contribution in [2.45, 2.75) is 13.3 Å². The SMILES string of the molecule is CCOC(=O)c1c(-c2ccc(F)cc2)csc1NC(=O)Cc1cn(C)c2ccccc12. The van der Waals surface area contributed by atoms with Gasteiger partial charge in [-0.3, -0.25) is 4.79 Å². The summed E-state index contributed by atoms with van der Waals surface area (Å²) < 4.78 is 20.5. The highest BCUT2D eigenvalue weighted by Gasteiger charge is 2.23. The molecule has 1 N–H and O–H groups in total. The molecule has 0 atom stereocenters. The molecule has 2 heterocycles. The molecule has 0 fully saturated rings. The minimum atomic E-state index is -0.525. The molecule has 1 amide bonds. The number of hydrogen-bond acceptors (Lipinski definition) is 4. The maximum atomic E-state index is 13.3. The molecule has 0 aliphatic carbocycles. The van der Waals surface area contributed by atoms with E-state index in [1.165, 1.54) is 23.5 Å². The van der Waals surface area contributed by atoms with Crippen LogP contribution in [0.4, 0.5) is 9.39 Å². The van der Waals surface area contributed by atoms with E-state index in [0.29, 0.717) is 16.1 Å². The first-order chi connectivity index (χ1) is 15.0. The van der Waals surface area contributed by atoms with Crippen molar-refractivity contribution in [1.82, 2.24) is 4.57 Å². The van der Waals surface area contributed by atoms with Crippen LogP contribution in [0.15, 0.2) is 60.1 Å². The number of thiophene rings is 1. The molecule has 0 radical (unpaired) electrons. The molecule has 31 heavy (non-hydrogen) atoms. The lowest BCUT2D eigenvalue weighted by Crippen LogP contribution is -2.16. The minimum Gasteiger partial charge on any atom is -0.462 e. The Kier molecular flexibility index (Phi) is 5.86. The van der Waals surface area contributed by atoms with Gasteiger partial charge in [-0.05, 0) is 36.2 Å². The van der Waals surface area contributed by atoms with Crippen molar-refractivity contribution in [2.75, 3.05) is 11.9 Å². The third kappa shape index (κ3) is 4.22. The van der Waals surface area contributed by atoms with Gasteiger partial charge in [-0.15, -0.1) is 11.3 Å². The molecular formula is C24H21FN2O3S. The lowest BCUT2D eigenvalue weighted by molar-refractivity contribution is -0.115. The molecule has 5 nitrogen and oxygen atoms in total. The highest BCUT2D eigenvalue weighted by molar-refractivity contribution is 7.15. The van der Waals surface area contributed by atoms with E-state index in [-0.39, 0.29) is 30.3 Å². The molecule has 0 saturated heterocycles. The number of hydrogen-bond donors (Lipinski definition) is 1. The second-order valence-electron chi connectivity index (χ2n) is 7.09. The summed E-state index contributed by atoms with van der Waals surface area (Å²) in [6, 6.07) is 13.8. The van der Waals surface area contributed by atoms with E-state index in [4.69, 9.17) is 4.74 Å². The highest BCUT2D eigenvalue weighted by atomic mass is 32.1. The van der Waals surface area contributed by atoms with Crippen LogP contribution >= 0.6 is 11.3 Å². The second kappa shape index (κ2) is 8.73. The van der Waals surface area contributed by atoms with E-state index in [0.717, 1.165) is 16.5 Å². The Morgan fingerprint density at radius 3 is 2.61 bits per heavy atom. The third-order valence-corrected chi connectivity index (χ3v) is 5.90. The fourth-order valence-electron chi connectivity index (χ4n) is 3.61. The van der Waals surface area contributed by atoms with Gasteiger partial charge in [0.05, 0.1) is 13.0 Å². The predicted molar refractivity (Wildman–Crippen MR) is 121 cm³/mol. The smallest absolute Gasteiger partial charge is 0.341 e. The number of nitrogens with zero attached hydrogens (tertiary/aromatic N) is 1. The Balaban J connectivity index is 1.63. The van der Waals surface area contributed by atoms with Gasteiger partial charge in [-0.1, -0.05) is 30.3 Å². The molecule has 0 spiro atoms. The molecule has 7 heteroatoms. The summed E-state index contributed by atoms with van der Waals surface area (Å²) in [5.41, 5.74) is 3.51. The highest BCUT2D eigenvalue weighted by Crippen LogP contribution is 2.36. The molecule has 0 saturated carbocycles. The van der Waals surface area contributed by atoms with Crippen LogP contribution < -0.4 is 5.32 Å². The maximum Gasteiger partial charge on any atom is 0.341 e. The number of aryl methyl sites for hydroxylation is 1. The number of ether oxygens (including phenoxy) is 1. The van der Waals surface area contributed by atoms with Crippen molar-refractivity contribution in [2.24, 2.45) is 7.05 Å². The Morgan fingerprint density at radius 2 is 1.87 bits per heavy atom. The van der Waals surface area contributed by atoms with Crippen molar-refractivity contribution < 1.29 is 18.7 Å². The zero-order valence-electron chi connectivity index (χ0n) is 17.1. The largest absolute Gasteiger partial charge is 0.462 e. The summed E-state index contributed by atoms with van der Waals surface area (Å²) in [4.78, 5) is 25.5. The lowest BCUT2D eigenvalue weighted by Gasteiger charge is -2.09. The molecular weight excluding hydrogens is 415 g/mol. The number of nitrogens with one attached hydrogen (secondary N) is 1. The van der Waals surface area contributed by atoms with E-state index in [2.05, 4.69) is 5.32 Å². The van der Waals surface area contributed by atoms with Crippen molar-refractivity contribution in [3.05, 3.63) is 77.1 Å². The lowest BCUT2D eigenvalue weighted by atomic mass is 10.0. The van der Waals surface area contributed by atoms with E-state index < -0.39 is 5.97 Å². The molecule has 4 rings (SSSR count). The number of rotatable bonds is 6. The van der Waals surface area contributed by atoms with Gasteiger partial charge in [0.15, 0.2) is 0 Å². The van der Waals surface area contributed by atoms with Crippen LogP contribution in [-0.4, -0.2) is 23.1 Å². The van der Waals surface area contributed by atoms with Gasteiger partial charge in [0.1, 0.15) is 16.4 Å². The molecule has 4 aromatic rings. The molecule has 0 unspecified atom stereocenters. The summed E-state index contributed by atoms with van der Waals surface area (Å²) in [6.45, 7) is 1.93. The van der Waals surface area contributed by atoms with Crippen LogP contribution in [0.3, 0.4) is 0 Å². The summed E-state index contributed by atoms with van der Waals surface area (Å²) in [7, 11) is 1.94. The second-order valence-corrected chi connectivity index (χ2v) is 7.97. The first-order valence-electron chi connectivity index (χ1n) is 9.85. The number of anilines is 1. The van der Waals surface area contributed by atoms with Gasteiger partial charge in [-0.25, -0.2) is 9.18 Å². The van der Waals surface area contributed by atoms with Crippen LogP contribution in [0.5, 0.6) is 0 Å². The van der Waals surface area contributed by atoms with Gasteiger partial charge in [0.2, 0.25) is 5.91 Å². The predicted octanol–water partition coefficient (Wildman–Crippen LogP) is 5.40. The number of fused-ring (bicyclic) bond motifs is 1. The zero-order valence-corrected chi connectivity index (χ0v) is 18.0. The first kappa shape index (κ1) is 20.8. The molecule has 2 aromatic heterocycles. The molecule has 158 valence electrons. The first-order valence-corrected chi connectivity index (χ1v) is 10.7. The fourth-order valence-corrected chi connectivity index (χ4v) is 4.58. The number of benzene rings is 2. The molecule has 0 aliphatic heterocycles. The van der Waals surface area contributed by atoms with Crippen molar-refractivity contribution >= 4 is 39.1 Å². The Labute approximate surface area is 183 Å². The van der Waals surface area contributed by atoms with Gasteiger partial charge >= 0.3 is 5.97 Å². The van der Waals surface area contributed by atoms with E-state index in [1.54, 1.807) is 24.4 Å². The van der Waals surface area contributed by atoms with Crippen LogP contribution in [-0.2, 0) is 23.0 Å². The third-order valence-electron chi connectivity index (χ3n) is 5.01. The van der Waals surface area contributed by atoms with E-state index in [9.17, 15) is 14.0 Å². The zero-order chi connectivity index (χ0) is 22.0. The number of aromatic nitrogens is 1. The fraction of sp³-hybridized carbons (Fsp3) is 0.167. The number of esters is 1. The normalized spacial score (nSPS) is 10.9. The Morgan fingerprint density at radius 1 is 1.13 bits per heavy atom. The number of amides is 1. The summed E-state index contributed by atoms with van der Waals surface area (Å²) in [6.07, 6.45) is 2.11. The summed E-state index contributed by atoms with van der Waals surface area (Å²) in [5.74, 6) is -1.11. The van der Waals surface area contributed by atoms with Crippen molar-refractivity contribution in [3.63, 3.8) is 0 Å². The average Bonchev–Trinajstić information content (AvgIpc) is 3.30. The Hall–Kier alpha value is -3.45. The van der Waals surface area contributed by atoms with Gasteiger partial charge in [-0.2, -0.15) is 0 Å². The van der Waals surface area contributed by atoms with Gasteiger partial charge in [0, 0.05) is 35.1 Å². The van der Waals surface area contributed by atoms with Gasteiger partial charge < -0.3 is 14.6 Å². The van der Waals surface area contributed by atoms with Gasteiger partial charge in [0.25, 0.3) is 0 Å². The monoisotopic (exact) mass is 436 g/mol. The van der Waals surface area contributed by atoms with Crippen LogP contribution in [0.2, 0.25) is 0 Å². The summed E-state index contributed by atoms with van der Waals surface area (Å²) in [5, 5.41) is 6.08. The maximum absolute atomic E-state index is 13.3. The number of halogens is 1. The van der Waals surface area contributed by atoms with E-state index >= 15 is 0 Å². The van der Waals surface area contributed by atoms with Crippen LogP contribution in [0.25, 0.3) is 22.0 Å². The standard InChI is InChI=1S/C24H21FN2O3S/c1-3-30-24(29)22-19(15-8-10-17(25)11-9-15)14-31-23(22)26-21(28)12-16-13-27(2)20-7-5-4-6-18(16)20/h4-11,13-14H,3,12H2,1-2H3,(H,26,28). The number of carbonyl (C=O) groups is 2. The average molecular weight is 437 g/mol. The molecule has 0 bridgehead atoms. The number of para-hydroxylation sites is 1. The quantitative estimate of drug-likeness (QED) is 0.412. The van der Waals surface area contributed by atoms with Crippen LogP contribution in [0.1, 0.15) is 22.8 Å². The summed E-state index contributed by atoms with van der Waals surface area (Å²) >= 11 is 1.25. The Bertz CT molecular complexity index is 1260.